The third-order valence-electron chi connectivity index (χ3n) is 0.484. The third-order valence-corrected chi connectivity index (χ3v) is 0.484. The van der Waals surface area contributed by atoms with Crippen molar-refractivity contribution in [1.29, 1.82) is 0 Å². The summed E-state index contributed by atoms with van der Waals surface area (Å²) in [5.74, 6) is -0.424. The summed E-state index contributed by atoms with van der Waals surface area (Å²) >= 11 is 0. The van der Waals surface area contributed by atoms with Crippen LogP contribution in [0, 0.1) is 6.92 Å². The second-order valence-corrected chi connectivity index (χ2v) is 2.99. The van der Waals surface area contributed by atoms with E-state index in [0.717, 1.165) is 6.08 Å². The molecule has 0 saturated heterocycles. The van der Waals surface area contributed by atoms with Crippen LogP contribution in [-0.2, 0) is 14.1 Å². The summed E-state index contributed by atoms with van der Waals surface area (Å²) in [4.78, 5) is 31.8. The topological polar surface area (TPSA) is 104 Å². The van der Waals surface area contributed by atoms with Crippen molar-refractivity contribution >= 4 is 13.8 Å². The number of rotatable bonds is 2. The van der Waals surface area contributed by atoms with Crippen LogP contribution >= 0.6 is 7.82 Å². The van der Waals surface area contributed by atoms with E-state index in [-0.39, 0.29) is 57.5 Å². The van der Waals surface area contributed by atoms with Gasteiger partial charge in [0.1, 0.15) is 0 Å². The molecule has 14 heavy (non-hydrogen) atoms. The van der Waals surface area contributed by atoms with E-state index in [4.69, 9.17) is 19.2 Å². The Morgan fingerprint density at radius 1 is 1.57 bits per heavy atom. The summed E-state index contributed by atoms with van der Waals surface area (Å²) in [6.45, 7) is 8.33. The van der Waals surface area contributed by atoms with Crippen LogP contribution in [-0.4, -0.2) is 26.8 Å². The van der Waals surface area contributed by atoms with Crippen molar-refractivity contribution < 1.29 is 80.2 Å². The van der Waals surface area contributed by atoms with Gasteiger partial charge in [0.15, 0.2) is 0 Å². The van der Waals surface area contributed by atoms with Crippen molar-refractivity contribution in [3.05, 3.63) is 19.6 Å². The van der Waals surface area contributed by atoms with Gasteiger partial charge in [-0.2, -0.15) is 0 Å². The Morgan fingerprint density at radius 2 is 1.86 bits per heavy atom. The van der Waals surface area contributed by atoms with E-state index in [0.29, 0.717) is 0 Å². The van der Waals surface area contributed by atoms with E-state index in [1.165, 1.54) is 0 Å². The van der Waals surface area contributed by atoms with Crippen molar-refractivity contribution in [3.8, 4) is 0 Å². The normalized spacial score (nSPS) is 11.2. The molecule has 0 aliphatic carbocycles. The molecule has 3 N–H and O–H groups in total. The molecule has 1 unspecified atom stereocenters. The number of ether oxygens (including phenoxy) is 1. The summed E-state index contributed by atoms with van der Waals surface area (Å²) in [5.41, 5.74) is 0. The summed E-state index contributed by atoms with van der Waals surface area (Å²) in [6.07, 6.45) is 0.822. The van der Waals surface area contributed by atoms with Gasteiger partial charge in [-0.25, -0.2) is 9.36 Å². The predicted octanol–water partition coefficient (Wildman–Crippen LogP) is -2.99. The van der Waals surface area contributed by atoms with Crippen LogP contribution in [0.1, 0.15) is 6.92 Å². The van der Waals surface area contributed by atoms with Crippen LogP contribution in [0.5, 0.6) is 0 Å². The van der Waals surface area contributed by atoms with Gasteiger partial charge < -0.3 is 26.3 Å². The largest absolute Gasteiger partial charge is 1.00 e. The van der Waals surface area contributed by atoms with Gasteiger partial charge in [-0.1, -0.05) is 13.5 Å². The van der Waals surface area contributed by atoms with Gasteiger partial charge in [-0.15, -0.1) is 0 Å². The van der Waals surface area contributed by atoms with Crippen LogP contribution < -0.4 is 51.4 Å². The minimum atomic E-state index is -4.64. The van der Waals surface area contributed by atoms with Crippen molar-refractivity contribution in [2.24, 2.45) is 0 Å². The molecule has 0 heterocycles. The SMILES string of the molecule is C=CC(=O)OC([CH2-])C.O=P(O)(O)O.[K+]. The van der Waals surface area contributed by atoms with Crippen molar-refractivity contribution in [2.45, 2.75) is 13.0 Å². The second kappa shape index (κ2) is 10.5. The van der Waals surface area contributed by atoms with Gasteiger partial charge >= 0.3 is 65.2 Å². The van der Waals surface area contributed by atoms with Crippen LogP contribution in [0.15, 0.2) is 12.7 Å². The van der Waals surface area contributed by atoms with E-state index < -0.39 is 13.8 Å². The molecule has 0 aliphatic heterocycles. The summed E-state index contributed by atoms with van der Waals surface area (Å²) in [6, 6.07) is 0. The Bertz CT molecular complexity index is 202. The number of carbonyl (C=O) groups is 1. The molecule has 0 aromatic rings. The fourth-order valence-corrected chi connectivity index (χ4v) is 0.246. The maximum absolute atomic E-state index is 10.2. The average molecular weight is 250 g/mol. The van der Waals surface area contributed by atoms with Gasteiger partial charge in [-0.3, -0.25) is 0 Å². The van der Waals surface area contributed by atoms with E-state index >= 15 is 0 Å². The number of carbonyl (C=O) groups excluding carboxylic acids is 1. The molecule has 0 aromatic carbocycles. The van der Waals surface area contributed by atoms with Crippen LogP contribution in [0.25, 0.3) is 0 Å². The molecule has 8 heteroatoms. The van der Waals surface area contributed by atoms with Crippen LogP contribution in [0.3, 0.4) is 0 Å². The van der Waals surface area contributed by atoms with Crippen molar-refractivity contribution in [1.82, 2.24) is 0 Å². The molecule has 0 radical (unpaired) electrons. The zero-order chi connectivity index (χ0) is 11.1. The molecule has 1 atom stereocenters. The van der Waals surface area contributed by atoms with Gasteiger partial charge in [0.05, 0.1) is 0 Å². The summed E-state index contributed by atoms with van der Waals surface area (Å²) < 4.78 is 13.4. The molecule has 0 rings (SSSR count). The first-order chi connectivity index (χ1) is 5.66. The van der Waals surface area contributed by atoms with E-state index in [9.17, 15) is 4.79 Å². The molecule has 0 saturated carbocycles. The minimum Gasteiger partial charge on any atom is -0.493 e. The van der Waals surface area contributed by atoms with Crippen LogP contribution in [0.2, 0.25) is 0 Å². The summed E-state index contributed by atoms with van der Waals surface area (Å²) in [7, 11) is -4.64. The van der Waals surface area contributed by atoms with E-state index in [2.05, 4.69) is 18.2 Å². The number of hydrogen-bond acceptors (Lipinski definition) is 3. The fourth-order valence-electron chi connectivity index (χ4n) is 0.246. The van der Waals surface area contributed by atoms with Crippen LogP contribution in [0.4, 0.5) is 0 Å². The Balaban J connectivity index is -0.000000177. The van der Waals surface area contributed by atoms with Gasteiger partial charge in [0.2, 0.25) is 0 Å². The zero-order valence-corrected chi connectivity index (χ0v) is 12.1. The average Bonchev–Trinajstić information content (AvgIpc) is 1.82. The maximum atomic E-state index is 10.2. The van der Waals surface area contributed by atoms with Crippen molar-refractivity contribution in [3.63, 3.8) is 0 Å². The minimum absolute atomic E-state index is 0. The summed E-state index contributed by atoms with van der Waals surface area (Å²) in [5, 5.41) is 0. The Kier molecular flexibility index (Phi) is 15.2. The smallest absolute Gasteiger partial charge is 0.493 e. The zero-order valence-electron chi connectivity index (χ0n) is 8.08. The molecular weight excluding hydrogens is 238 g/mol. The molecule has 6 nitrogen and oxygen atoms in total. The maximum Gasteiger partial charge on any atom is 1.00 e. The quantitative estimate of drug-likeness (QED) is 0.159. The molecule has 0 amide bonds. The van der Waals surface area contributed by atoms with E-state index in [1.807, 2.05) is 0 Å². The fraction of sp³-hybridized carbons (Fsp3) is 0.333. The monoisotopic (exact) mass is 250 g/mol. The Hall–Kier alpha value is 0.956. The Labute approximate surface area is 125 Å². The molecular formula is C6H12KO6P. The first-order valence-electron chi connectivity index (χ1n) is 3.11. The number of phosphoric acid groups is 1. The molecule has 0 bridgehead atoms. The van der Waals surface area contributed by atoms with Gasteiger partial charge in [0.25, 0.3) is 0 Å². The molecule has 0 fully saturated rings. The van der Waals surface area contributed by atoms with E-state index in [1.54, 1.807) is 6.92 Å². The first kappa shape index (κ1) is 20.4. The van der Waals surface area contributed by atoms with Gasteiger partial charge in [-0.05, 0) is 6.10 Å². The third kappa shape index (κ3) is 38.3. The number of hydrogen-bond donors (Lipinski definition) is 3. The predicted molar refractivity (Wildman–Crippen MR) is 45.4 cm³/mol. The molecule has 0 aromatic heterocycles. The second-order valence-electron chi connectivity index (χ2n) is 1.96. The molecule has 0 aliphatic rings. The Morgan fingerprint density at radius 3 is 1.93 bits per heavy atom. The van der Waals surface area contributed by atoms with Crippen molar-refractivity contribution in [2.75, 3.05) is 0 Å². The first-order valence-corrected chi connectivity index (χ1v) is 4.67. The molecule has 78 valence electrons. The molecule has 0 spiro atoms. The van der Waals surface area contributed by atoms with Gasteiger partial charge in [0, 0.05) is 6.08 Å². The standard InChI is InChI=1S/C6H9O2.K.H3O4P/c1-4-6(7)8-5(2)3;;1-5(2,3)4/h4-5H,1-2H2,3H3;;(H3,1,2,3,4)/q-1;+1;. The number of esters is 1.